The Bertz CT molecular complexity index is 1240. The van der Waals surface area contributed by atoms with Gasteiger partial charge in [-0.15, -0.1) is 0 Å². The van der Waals surface area contributed by atoms with Crippen molar-refractivity contribution in [1.82, 2.24) is 10.3 Å². The van der Waals surface area contributed by atoms with E-state index in [0.717, 1.165) is 5.56 Å². The number of anilines is 1. The number of aliphatic carboxylic acids is 1. The van der Waals surface area contributed by atoms with Crippen molar-refractivity contribution in [3.05, 3.63) is 83.2 Å². The molecule has 0 spiro atoms. The number of aliphatic hydroxyl groups excluding tert-OH is 1. The largest absolute Gasteiger partial charge is 0.480 e. The molecule has 1 unspecified atom stereocenters. The number of hydrogen-bond acceptors (Lipinski definition) is 6. The summed E-state index contributed by atoms with van der Waals surface area (Å²) in [6.45, 7) is 1.57. The second-order valence-electron chi connectivity index (χ2n) is 7.59. The Morgan fingerprint density at radius 1 is 1.15 bits per heavy atom. The number of nitrogens with one attached hydrogen (secondary N) is 2. The molecule has 0 radical (unpaired) electrons. The number of aliphatic hydroxyl groups is 1. The fourth-order valence-electron chi connectivity index (χ4n) is 3.36. The van der Waals surface area contributed by atoms with Gasteiger partial charge in [-0.2, -0.15) is 5.26 Å². The minimum atomic E-state index is -1.51. The summed E-state index contributed by atoms with van der Waals surface area (Å²) in [5.41, 5.74) is 2.21. The zero-order valence-electron chi connectivity index (χ0n) is 18.3. The first-order valence-corrected chi connectivity index (χ1v) is 10.5. The van der Waals surface area contributed by atoms with Gasteiger partial charge in [-0.3, -0.25) is 4.79 Å². The highest BCUT2D eigenvalue weighted by Gasteiger charge is 2.27. The Morgan fingerprint density at radius 3 is 2.59 bits per heavy atom. The van der Waals surface area contributed by atoms with Crippen LogP contribution in [0.5, 0.6) is 0 Å². The van der Waals surface area contributed by atoms with Crippen LogP contribution in [0.2, 0.25) is 0 Å². The lowest BCUT2D eigenvalue weighted by molar-refractivity contribution is -0.141. The van der Waals surface area contributed by atoms with Gasteiger partial charge in [0.2, 0.25) is 0 Å². The van der Waals surface area contributed by atoms with Gasteiger partial charge in [-0.05, 0) is 49.2 Å². The van der Waals surface area contributed by atoms with Crippen LogP contribution in [0.3, 0.4) is 0 Å². The zero-order chi connectivity index (χ0) is 24.7. The molecule has 2 atom stereocenters. The van der Waals surface area contributed by atoms with E-state index in [4.69, 9.17) is 0 Å². The number of rotatable bonds is 9. The molecule has 3 rings (SSSR count). The van der Waals surface area contributed by atoms with E-state index in [9.17, 15) is 29.5 Å². The molecule has 8 nitrogen and oxygen atoms in total. The molecule has 34 heavy (non-hydrogen) atoms. The van der Waals surface area contributed by atoms with Crippen molar-refractivity contribution in [2.75, 3.05) is 11.9 Å². The van der Waals surface area contributed by atoms with Gasteiger partial charge in [0.25, 0.3) is 5.91 Å². The summed E-state index contributed by atoms with van der Waals surface area (Å²) in [7, 11) is 0. The Labute approximate surface area is 195 Å². The zero-order valence-corrected chi connectivity index (χ0v) is 18.3. The first-order chi connectivity index (χ1) is 16.3. The number of halogens is 1. The quantitative estimate of drug-likeness (QED) is 0.384. The van der Waals surface area contributed by atoms with E-state index in [1.54, 1.807) is 42.5 Å². The van der Waals surface area contributed by atoms with Gasteiger partial charge in [-0.25, -0.2) is 14.2 Å². The van der Waals surface area contributed by atoms with Crippen LogP contribution in [0.15, 0.2) is 60.7 Å². The standard InChI is InChI=1S/C25H23FN4O4/c1-15(31)22(25(33)34)30-24(32)20-9-10-21(19-8-3-2-6-17(19)14-27)29-23(20)28-12-11-16-5-4-7-18(26)13-16/h2-10,13,15,22,31H,11-12H2,1H3,(H,28,29)(H,30,32)(H,33,34)/t15?,22-/m0/s1. The molecule has 1 heterocycles. The maximum Gasteiger partial charge on any atom is 0.328 e. The smallest absolute Gasteiger partial charge is 0.328 e. The predicted molar refractivity (Wildman–Crippen MR) is 124 cm³/mol. The van der Waals surface area contributed by atoms with Crippen molar-refractivity contribution in [3.63, 3.8) is 0 Å². The molecular weight excluding hydrogens is 439 g/mol. The highest BCUT2D eigenvalue weighted by Crippen LogP contribution is 2.25. The Balaban J connectivity index is 1.93. The molecule has 0 aliphatic carbocycles. The number of pyridine rings is 1. The van der Waals surface area contributed by atoms with Crippen molar-refractivity contribution < 1.29 is 24.2 Å². The molecule has 1 aromatic heterocycles. The fraction of sp³-hybridized carbons (Fsp3) is 0.200. The van der Waals surface area contributed by atoms with E-state index < -0.39 is 24.0 Å². The van der Waals surface area contributed by atoms with Gasteiger partial charge in [0.05, 0.1) is 29.0 Å². The molecule has 4 N–H and O–H groups in total. The summed E-state index contributed by atoms with van der Waals surface area (Å²) in [6.07, 6.45) is -0.883. The Kier molecular flexibility index (Phi) is 7.90. The summed E-state index contributed by atoms with van der Waals surface area (Å²) < 4.78 is 13.5. The van der Waals surface area contributed by atoms with Gasteiger partial charge < -0.3 is 20.8 Å². The lowest BCUT2D eigenvalue weighted by Crippen LogP contribution is -2.47. The van der Waals surface area contributed by atoms with Crippen LogP contribution in [-0.4, -0.2) is 45.8 Å². The van der Waals surface area contributed by atoms with Crippen LogP contribution in [0.1, 0.15) is 28.4 Å². The second kappa shape index (κ2) is 11.0. The molecule has 0 fully saturated rings. The van der Waals surface area contributed by atoms with Crippen molar-refractivity contribution >= 4 is 17.7 Å². The lowest BCUT2D eigenvalue weighted by atomic mass is 10.0. The Morgan fingerprint density at radius 2 is 1.91 bits per heavy atom. The minimum absolute atomic E-state index is 0.0596. The van der Waals surface area contributed by atoms with E-state index >= 15 is 0 Å². The van der Waals surface area contributed by atoms with E-state index in [1.165, 1.54) is 25.1 Å². The molecule has 0 saturated heterocycles. The highest BCUT2D eigenvalue weighted by molar-refractivity contribution is 6.01. The molecule has 1 amide bonds. The molecule has 174 valence electrons. The fourth-order valence-corrected chi connectivity index (χ4v) is 3.36. The minimum Gasteiger partial charge on any atom is -0.480 e. The summed E-state index contributed by atoms with van der Waals surface area (Å²) >= 11 is 0. The summed E-state index contributed by atoms with van der Waals surface area (Å²) in [4.78, 5) is 28.8. The third-order valence-corrected chi connectivity index (χ3v) is 5.09. The molecule has 2 aromatic carbocycles. The number of carbonyl (C=O) groups is 2. The SMILES string of the molecule is CC(O)[C@H](NC(=O)c1ccc(-c2ccccc2C#N)nc1NCCc1cccc(F)c1)C(=O)O. The summed E-state index contributed by atoms with van der Waals surface area (Å²) in [6, 6.07) is 16.6. The molecule has 0 bridgehead atoms. The molecule has 0 saturated carbocycles. The van der Waals surface area contributed by atoms with Crippen molar-refractivity contribution in [1.29, 1.82) is 5.26 Å². The first-order valence-electron chi connectivity index (χ1n) is 10.5. The normalized spacial score (nSPS) is 12.3. The molecule has 9 heteroatoms. The van der Waals surface area contributed by atoms with Crippen LogP contribution in [0.25, 0.3) is 11.3 Å². The molecule has 0 aliphatic heterocycles. The van der Waals surface area contributed by atoms with Crippen LogP contribution < -0.4 is 10.6 Å². The number of carboxylic acid groups (broad SMARTS) is 1. The van der Waals surface area contributed by atoms with E-state index in [1.807, 2.05) is 0 Å². The average Bonchev–Trinajstić information content (AvgIpc) is 2.82. The maximum atomic E-state index is 13.5. The molecular formula is C25H23FN4O4. The second-order valence-corrected chi connectivity index (χ2v) is 7.59. The third-order valence-electron chi connectivity index (χ3n) is 5.09. The van der Waals surface area contributed by atoms with Crippen LogP contribution >= 0.6 is 0 Å². The number of carbonyl (C=O) groups excluding carboxylic acids is 1. The molecule has 3 aromatic rings. The number of nitrogens with zero attached hydrogens (tertiary/aromatic N) is 2. The van der Waals surface area contributed by atoms with Crippen molar-refractivity contribution in [2.24, 2.45) is 0 Å². The maximum absolute atomic E-state index is 13.5. The van der Waals surface area contributed by atoms with E-state index in [0.29, 0.717) is 29.8 Å². The van der Waals surface area contributed by atoms with Gasteiger partial charge in [0, 0.05) is 12.1 Å². The van der Waals surface area contributed by atoms with Crippen molar-refractivity contribution in [2.45, 2.75) is 25.5 Å². The highest BCUT2D eigenvalue weighted by atomic mass is 19.1. The van der Waals surface area contributed by atoms with Gasteiger partial charge in [0.15, 0.2) is 6.04 Å². The monoisotopic (exact) mass is 462 g/mol. The van der Waals surface area contributed by atoms with Gasteiger partial charge in [-0.1, -0.05) is 30.3 Å². The summed E-state index contributed by atoms with van der Waals surface area (Å²) in [5.74, 6) is -2.32. The van der Waals surface area contributed by atoms with E-state index in [-0.39, 0.29) is 17.2 Å². The number of amides is 1. The summed E-state index contributed by atoms with van der Waals surface area (Å²) in [5, 5.41) is 33.8. The topological polar surface area (TPSA) is 135 Å². The van der Waals surface area contributed by atoms with Gasteiger partial charge >= 0.3 is 5.97 Å². The molecule has 0 aliphatic rings. The number of benzene rings is 2. The number of aromatic nitrogens is 1. The van der Waals surface area contributed by atoms with Crippen LogP contribution in [-0.2, 0) is 11.2 Å². The number of carboxylic acids is 1. The van der Waals surface area contributed by atoms with Crippen molar-refractivity contribution in [3.8, 4) is 17.3 Å². The van der Waals surface area contributed by atoms with Crippen LogP contribution in [0, 0.1) is 17.1 Å². The van der Waals surface area contributed by atoms with E-state index in [2.05, 4.69) is 21.7 Å². The predicted octanol–water partition coefficient (Wildman–Crippen LogP) is 2.98. The van der Waals surface area contributed by atoms with Crippen LogP contribution in [0.4, 0.5) is 10.2 Å². The third kappa shape index (κ3) is 5.94. The van der Waals surface area contributed by atoms with Gasteiger partial charge in [0.1, 0.15) is 11.6 Å². The average molecular weight is 462 g/mol. The first kappa shape index (κ1) is 24.4. The number of hydrogen-bond donors (Lipinski definition) is 4. The lowest BCUT2D eigenvalue weighted by Gasteiger charge is -2.19. The Hall–Kier alpha value is -4.29. The number of nitriles is 1.